The molecule has 3 rings (SSSR count). The number of esters is 1. The lowest BCUT2D eigenvalue weighted by atomic mass is 9.98. The molecule has 1 aromatic heterocycles. The van der Waals surface area contributed by atoms with Crippen molar-refractivity contribution in [3.05, 3.63) is 10.6 Å². The highest BCUT2D eigenvalue weighted by Gasteiger charge is 2.53. The van der Waals surface area contributed by atoms with Gasteiger partial charge in [-0.3, -0.25) is 19.4 Å². The van der Waals surface area contributed by atoms with Crippen molar-refractivity contribution in [1.82, 2.24) is 15.2 Å². The Morgan fingerprint density at radius 1 is 1.23 bits per heavy atom. The third kappa shape index (κ3) is 4.73. The van der Waals surface area contributed by atoms with E-state index >= 15 is 0 Å². The third-order valence-corrected chi connectivity index (χ3v) is 6.92. The maximum atomic E-state index is 13.2. The van der Waals surface area contributed by atoms with Crippen LogP contribution in [0.15, 0.2) is 0 Å². The van der Waals surface area contributed by atoms with Crippen LogP contribution < -0.4 is 10.2 Å². The van der Waals surface area contributed by atoms with Crippen LogP contribution in [0, 0.1) is 6.92 Å². The molecule has 1 aliphatic heterocycles. The minimum absolute atomic E-state index is 0.249. The number of hydrogen-bond donors (Lipinski definition) is 1. The fourth-order valence-corrected chi connectivity index (χ4v) is 5.09. The van der Waals surface area contributed by atoms with Gasteiger partial charge in [0.05, 0.1) is 12.3 Å². The molecule has 2 fully saturated rings. The second-order valence-corrected chi connectivity index (χ2v) is 8.97. The van der Waals surface area contributed by atoms with Gasteiger partial charge in [0.2, 0.25) is 5.91 Å². The average molecular weight is 451 g/mol. The molecule has 170 valence electrons. The number of amides is 4. The van der Waals surface area contributed by atoms with Gasteiger partial charge >= 0.3 is 12.0 Å². The van der Waals surface area contributed by atoms with Gasteiger partial charge in [0.25, 0.3) is 5.91 Å². The van der Waals surface area contributed by atoms with Crippen LogP contribution in [0.2, 0.25) is 0 Å². The van der Waals surface area contributed by atoms with Gasteiger partial charge in [0.15, 0.2) is 5.13 Å². The summed E-state index contributed by atoms with van der Waals surface area (Å²) in [5.41, 5.74) is -0.356. The molecular formula is C21H30N4O5S. The maximum absolute atomic E-state index is 13.2. The maximum Gasteiger partial charge on any atom is 0.350 e. The SMILES string of the molecule is CCCCCN(C(=O)CN1C(=O)NC2(CCCC2)C1=O)c1nc(C)c(C(=O)OCC)s1. The Hall–Kier alpha value is -2.49. The van der Waals surface area contributed by atoms with Gasteiger partial charge in [-0.25, -0.2) is 14.6 Å². The van der Waals surface area contributed by atoms with E-state index in [1.165, 1.54) is 4.90 Å². The van der Waals surface area contributed by atoms with Crippen LogP contribution in [0.1, 0.15) is 74.2 Å². The summed E-state index contributed by atoms with van der Waals surface area (Å²) in [6, 6.07) is -0.517. The summed E-state index contributed by atoms with van der Waals surface area (Å²) < 4.78 is 5.07. The summed E-state index contributed by atoms with van der Waals surface area (Å²) in [7, 11) is 0. The normalized spacial score (nSPS) is 17.3. The van der Waals surface area contributed by atoms with Crippen LogP contribution in [0.3, 0.4) is 0 Å². The van der Waals surface area contributed by atoms with Crippen LogP contribution in [0.4, 0.5) is 9.93 Å². The summed E-state index contributed by atoms with van der Waals surface area (Å²) in [6.07, 6.45) is 5.62. The topological polar surface area (TPSA) is 109 Å². The molecule has 0 bridgehead atoms. The Morgan fingerprint density at radius 3 is 2.58 bits per heavy atom. The van der Waals surface area contributed by atoms with Gasteiger partial charge in [-0.15, -0.1) is 0 Å². The Bertz CT molecular complexity index is 862. The van der Waals surface area contributed by atoms with Crippen LogP contribution in [0.25, 0.3) is 0 Å². The molecule has 0 aromatic carbocycles. The lowest BCUT2D eigenvalue weighted by Crippen LogP contribution is -2.46. The smallest absolute Gasteiger partial charge is 0.350 e. The highest BCUT2D eigenvalue weighted by atomic mass is 32.1. The summed E-state index contributed by atoms with van der Waals surface area (Å²) >= 11 is 1.10. The molecule has 4 amide bonds. The minimum Gasteiger partial charge on any atom is -0.462 e. The molecule has 9 nitrogen and oxygen atoms in total. The molecule has 10 heteroatoms. The van der Waals surface area contributed by atoms with Gasteiger partial charge < -0.3 is 10.1 Å². The highest BCUT2D eigenvalue weighted by molar-refractivity contribution is 7.17. The van der Waals surface area contributed by atoms with Crippen molar-refractivity contribution in [2.24, 2.45) is 0 Å². The Labute approximate surface area is 186 Å². The van der Waals surface area contributed by atoms with E-state index in [4.69, 9.17) is 4.74 Å². The van der Waals surface area contributed by atoms with E-state index in [0.29, 0.717) is 35.1 Å². The number of anilines is 1. The fraction of sp³-hybridized carbons (Fsp3) is 0.667. The van der Waals surface area contributed by atoms with Crippen molar-refractivity contribution < 1.29 is 23.9 Å². The second-order valence-electron chi connectivity index (χ2n) is 7.99. The summed E-state index contributed by atoms with van der Waals surface area (Å²) in [6.45, 7) is 5.79. The minimum atomic E-state index is -0.848. The molecule has 1 N–H and O–H groups in total. The van der Waals surface area contributed by atoms with Gasteiger partial charge in [-0.2, -0.15) is 0 Å². The first-order valence-corrected chi connectivity index (χ1v) is 11.7. The first kappa shape index (κ1) is 23.2. The van der Waals surface area contributed by atoms with E-state index in [9.17, 15) is 19.2 Å². The van der Waals surface area contributed by atoms with Crippen molar-refractivity contribution in [1.29, 1.82) is 0 Å². The van der Waals surface area contributed by atoms with Gasteiger partial charge in [0, 0.05) is 6.54 Å². The molecule has 1 saturated heterocycles. The van der Waals surface area contributed by atoms with Gasteiger partial charge in [0.1, 0.15) is 17.0 Å². The quantitative estimate of drug-likeness (QED) is 0.352. The third-order valence-electron chi connectivity index (χ3n) is 5.76. The van der Waals surface area contributed by atoms with Crippen molar-refractivity contribution in [3.63, 3.8) is 0 Å². The largest absolute Gasteiger partial charge is 0.462 e. The molecule has 2 heterocycles. The van der Waals surface area contributed by atoms with E-state index in [1.807, 2.05) is 0 Å². The number of urea groups is 1. The highest BCUT2D eigenvalue weighted by Crippen LogP contribution is 2.35. The molecule has 1 aromatic rings. The predicted octanol–water partition coefficient (Wildman–Crippen LogP) is 3.02. The first-order valence-electron chi connectivity index (χ1n) is 10.9. The van der Waals surface area contributed by atoms with E-state index in [0.717, 1.165) is 48.3 Å². The second kappa shape index (κ2) is 9.76. The summed E-state index contributed by atoms with van der Waals surface area (Å²) in [5, 5.41) is 3.18. The lowest BCUT2D eigenvalue weighted by molar-refractivity contribution is -0.134. The van der Waals surface area contributed by atoms with Gasteiger partial charge in [-0.05, 0) is 33.1 Å². The number of ether oxygens (including phenoxy) is 1. The number of nitrogens with zero attached hydrogens (tertiary/aromatic N) is 3. The van der Waals surface area contributed by atoms with Crippen molar-refractivity contribution in [3.8, 4) is 0 Å². The zero-order chi connectivity index (χ0) is 22.6. The number of aromatic nitrogens is 1. The summed E-state index contributed by atoms with van der Waals surface area (Å²) in [4.78, 5) is 58.0. The molecule has 1 spiro atoms. The lowest BCUT2D eigenvalue weighted by Gasteiger charge is -2.23. The predicted molar refractivity (Wildman–Crippen MR) is 116 cm³/mol. The zero-order valence-electron chi connectivity index (χ0n) is 18.4. The number of nitrogens with one attached hydrogen (secondary N) is 1. The van der Waals surface area contributed by atoms with Crippen molar-refractivity contribution in [2.75, 3.05) is 24.6 Å². The van der Waals surface area contributed by atoms with Crippen LogP contribution in [0.5, 0.6) is 0 Å². The molecule has 1 aliphatic carbocycles. The molecule has 31 heavy (non-hydrogen) atoms. The molecule has 0 unspecified atom stereocenters. The van der Waals surface area contributed by atoms with E-state index < -0.39 is 17.5 Å². The zero-order valence-corrected chi connectivity index (χ0v) is 19.2. The van der Waals surface area contributed by atoms with Crippen LogP contribution in [-0.2, 0) is 14.3 Å². The number of imide groups is 1. The van der Waals surface area contributed by atoms with Crippen LogP contribution in [-0.4, -0.2) is 58.9 Å². The Morgan fingerprint density at radius 2 is 1.94 bits per heavy atom. The molecular weight excluding hydrogens is 420 g/mol. The van der Waals surface area contributed by atoms with Crippen molar-refractivity contribution in [2.45, 2.75) is 71.3 Å². The van der Waals surface area contributed by atoms with Crippen LogP contribution >= 0.6 is 11.3 Å². The standard InChI is InChI=1S/C21H30N4O5S/c1-4-6-9-12-24(20-22-14(3)16(31-20)17(27)30-5-2)15(26)13-25-18(28)21(23-19(25)29)10-7-8-11-21/h4-13H2,1-3H3,(H,23,29). The number of thiazole rings is 1. The first-order chi connectivity index (χ1) is 14.8. The number of aryl methyl sites for hydroxylation is 1. The number of carbonyl (C=O) groups is 4. The summed E-state index contributed by atoms with van der Waals surface area (Å²) in [5.74, 6) is -1.18. The Kier molecular flexibility index (Phi) is 7.30. The Balaban J connectivity index is 1.79. The molecule has 2 aliphatic rings. The number of carbonyl (C=O) groups excluding carboxylic acids is 4. The van der Waals surface area contributed by atoms with E-state index in [1.54, 1.807) is 13.8 Å². The van der Waals surface area contributed by atoms with Gasteiger partial charge in [-0.1, -0.05) is 43.9 Å². The van der Waals surface area contributed by atoms with Crippen molar-refractivity contribution >= 4 is 40.3 Å². The molecule has 0 atom stereocenters. The number of rotatable bonds is 9. The molecule has 1 saturated carbocycles. The molecule has 0 radical (unpaired) electrons. The number of unbranched alkanes of at least 4 members (excludes halogenated alkanes) is 2. The van der Waals surface area contributed by atoms with E-state index in [-0.39, 0.29) is 25.0 Å². The number of hydrogen-bond acceptors (Lipinski definition) is 7. The fourth-order valence-electron chi connectivity index (χ4n) is 4.09. The monoisotopic (exact) mass is 450 g/mol. The van der Waals surface area contributed by atoms with E-state index in [2.05, 4.69) is 17.2 Å². The average Bonchev–Trinajstić information content (AvgIpc) is 3.41.